The van der Waals surface area contributed by atoms with E-state index in [0.29, 0.717) is 12.1 Å². The summed E-state index contributed by atoms with van der Waals surface area (Å²) in [6, 6.07) is 1.05. The quantitative estimate of drug-likeness (QED) is 0.777. The van der Waals surface area contributed by atoms with Gasteiger partial charge in [0.05, 0.1) is 5.54 Å². The molecule has 1 amide bonds. The number of carbonyl (C=O) groups excluding carboxylic acids is 1. The van der Waals surface area contributed by atoms with Crippen molar-refractivity contribution in [3.05, 3.63) is 0 Å². The maximum atomic E-state index is 11.5. The van der Waals surface area contributed by atoms with Crippen LogP contribution < -0.4 is 11.5 Å². The molecule has 0 aromatic rings. The summed E-state index contributed by atoms with van der Waals surface area (Å²) in [4.78, 5) is 14.1. The van der Waals surface area contributed by atoms with Crippen molar-refractivity contribution < 1.29 is 4.79 Å². The lowest BCUT2D eigenvalue weighted by Gasteiger charge is -2.46. The van der Waals surface area contributed by atoms with Crippen LogP contribution in [-0.4, -0.2) is 35.0 Å². The fourth-order valence-electron chi connectivity index (χ4n) is 3.75. The van der Waals surface area contributed by atoms with Gasteiger partial charge in [0, 0.05) is 12.1 Å². The van der Waals surface area contributed by atoms with E-state index < -0.39 is 5.54 Å². The molecule has 1 aliphatic carbocycles. The summed E-state index contributed by atoms with van der Waals surface area (Å²) in [5.74, 6) is 0.490. The Balaban J connectivity index is 2.03. The summed E-state index contributed by atoms with van der Waals surface area (Å²) in [5.41, 5.74) is 10.9. The normalized spacial score (nSPS) is 42.7. The molecule has 0 radical (unpaired) electrons. The summed E-state index contributed by atoms with van der Waals surface area (Å²) in [5, 5.41) is 0. The molecule has 0 bridgehead atoms. The molecule has 1 heterocycles. The average molecular weight is 253 g/mol. The van der Waals surface area contributed by atoms with Crippen LogP contribution in [0, 0.1) is 5.92 Å². The van der Waals surface area contributed by atoms with Gasteiger partial charge in [0.1, 0.15) is 0 Å². The highest BCUT2D eigenvalue weighted by molar-refractivity contribution is 5.84. The van der Waals surface area contributed by atoms with Crippen molar-refractivity contribution in [3.8, 4) is 0 Å². The number of nitrogens with two attached hydrogens (primary N) is 2. The number of likely N-dealkylation sites (tertiary alicyclic amines) is 1. The summed E-state index contributed by atoms with van der Waals surface area (Å²) < 4.78 is 0. The largest absolute Gasteiger partial charge is 0.368 e. The van der Waals surface area contributed by atoms with Crippen LogP contribution in [0.2, 0.25) is 0 Å². The van der Waals surface area contributed by atoms with E-state index in [-0.39, 0.29) is 5.91 Å². The first-order chi connectivity index (χ1) is 8.42. The molecule has 1 saturated carbocycles. The minimum absolute atomic E-state index is 0.328. The average Bonchev–Trinajstić information content (AvgIpc) is 2.28. The zero-order valence-corrected chi connectivity index (χ0v) is 11.7. The summed E-state index contributed by atoms with van der Waals surface area (Å²) in [6.07, 6.45) is 6.17. The van der Waals surface area contributed by atoms with Gasteiger partial charge >= 0.3 is 0 Å². The number of carbonyl (C=O) groups is 1. The molecule has 104 valence electrons. The van der Waals surface area contributed by atoms with Gasteiger partial charge in [-0.2, -0.15) is 0 Å². The van der Waals surface area contributed by atoms with E-state index in [4.69, 9.17) is 11.5 Å². The smallest absolute Gasteiger partial charge is 0.237 e. The van der Waals surface area contributed by atoms with Gasteiger partial charge in [0.25, 0.3) is 0 Å². The zero-order chi connectivity index (χ0) is 13.3. The SMILES string of the molecule is CC1CCN(C2CCCC(N)(C(N)=O)C2)C(C)C1. The van der Waals surface area contributed by atoms with E-state index >= 15 is 0 Å². The first kappa shape index (κ1) is 13.8. The van der Waals surface area contributed by atoms with E-state index in [1.165, 1.54) is 12.8 Å². The van der Waals surface area contributed by atoms with E-state index in [9.17, 15) is 4.79 Å². The predicted molar refractivity (Wildman–Crippen MR) is 72.9 cm³/mol. The molecule has 4 heteroatoms. The van der Waals surface area contributed by atoms with Crippen LogP contribution >= 0.6 is 0 Å². The second-order valence-electron chi connectivity index (χ2n) is 6.49. The number of piperidine rings is 1. The zero-order valence-electron chi connectivity index (χ0n) is 11.7. The van der Waals surface area contributed by atoms with Crippen LogP contribution in [0.5, 0.6) is 0 Å². The minimum atomic E-state index is -0.772. The molecule has 1 saturated heterocycles. The summed E-state index contributed by atoms with van der Waals surface area (Å²) in [7, 11) is 0. The summed E-state index contributed by atoms with van der Waals surface area (Å²) >= 11 is 0. The van der Waals surface area contributed by atoms with Gasteiger partial charge in [0.2, 0.25) is 5.91 Å². The molecule has 18 heavy (non-hydrogen) atoms. The van der Waals surface area contributed by atoms with Crippen LogP contribution in [0.25, 0.3) is 0 Å². The van der Waals surface area contributed by atoms with Gasteiger partial charge in [-0.1, -0.05) is 6.92 Å². The second kappa shape index (κ2) is 5.17. The Kier molecular flexibility index (Phi) is 3.97. The molecular weight excluding hydrogens is 226 g/mol. The lowest BCUT2D eigenvalue weighted by atomic mass is 9.77. The topological polar surface area (TPSA) is 72.3 Å². The van der Waals surface area contributed by atoms with E-state index in [1.807, 2.05) is 0 Å². The molecule has 0 aromatic heterocycles. The van der Waals surface area contributed by atoms with Gasteiger partial charge in [-0.3, -0.25) is 9.69 Å². The van der Waals surface area contributed by atoms with Crippen LogP contribution in [0.1, 0.15) is 52.4 Å². The number of nitrogens with zero attached hydrogens (tertiary/aromatic N) is 1. The molecule has 0 spiro atoms. The first-order valence-corrected chi connectivity index (χ1v) is 7.27. The molecule has 2 aliphatic rings. The Morgan fingerprint density at radius 3 is 2.67 bits per heavy atom. The number of hydrogen-bond acceptors (Lipinski definition) is 3. The molecule has 4 N–H and O–H groups in total. The predicted octanol–water partition coefficient (Wildman–Crippen LogP) is 1.23. The van der Waals surface area contributed by atoms with Crippen molar-refractivity contribution in [3.63, 3.8) is 0 Å². The van der Waals surface area contributed by atoms with Crippen LogP contribution in [0.15, 0.2) is 0 Å². The number of hydrogen-bond donors (Lipinski definition) is 2. The number of amides is 1. The third-order valence-corrected chi connectivity index (χ3v) is 4.91. The van der Waals surface area contributed by atoms with Crippen molar-refractivity contribution in [2.75, 3.05) is 6.54 Å². The molecule has 4 nitrogen and oxygen atoms in total. The third-order valence-electron chi connectivity index (χ3n) is 4.91. The second-order valence-corrected chi connectivity index (χ2v) is 6.49. The standard InChI is InChI=1S/C14H27N3O/c1-10-5-7-17(11(2)8-10)12-4-3-6-14(16,9-12)13(15)18/h10-12H,3-9,16H2,1-2H3,(H2,15,18). The Labute approximate surface area is 110 Å². The lowest BCUT2D eigenvalue weighted by Crippen LogP contribution is -2.59. The van der Waals surface area contributed by atoms with Crippen LogP contribution in [-0.2, 0) is 4.79 Å². The Hall–Kier alpha value is -0.610. The van der Waals surface area contributed by atoms with E-state index in [1.54, 1.807) is 0 Å². The van der Waals surface area contributed by atoms with Crippen LogP contribution in [0.4, 0.5) is 0 Å². The highest BCUT2D eigenvalue weighted by Gasteiger charge is 2.41. The Morgan fingerprint density at radius 1 is 1.33 bits per heavy atom. The fraction of sp³-hybridized carbons (Fsp3) is 0.929. The maximum absolute atomic E-state index is 11.5. The third kappa shape index (κ3) is 2.69. The number of primary amides is 1. The molecule has 1 aliphatic heterocycles. The van der Waals surface area contributed by atoms with Gasteiger partial charge in [-0.15, -0.1) is 0 Å². The summed E-state index contributed by atoms with van der Waals surface area (Å²) in [6.45, 7) is 5.76. The Morgan fingerprint density at radius 2 is 2.06 bits per heavy atom. The monoisotopic (exact) mass is 253 g/mol. The van der Waals surface area contributed by atoms with Gasteiger partial charge in [-0.05, 0) is 57.9 Å². The molecule has 4 unspecified atom stereocenters. The highest BCUT2D eigenvalue weighted by Crippen LogP contribution is 2.33. The number of rotatable bonds is 2. The minimum Gasteiger partial charge on any atom is -0.368 e. The molecule has 0 aromatic carbocycles. The van der Waals surface area contributed by atoms with Gasteiger partial charge in [0.15, 0.2) is 0 Å². The van der Waals surface area contributed by atoms with Crippen molar-refractivity contribution >= 4 is 5.91 Å². The molecule has 4 atom stereocenters. The fourth-order valence-corrected chi connectivity index (χ4v) is 3.75. The van der Waals surface area contributed by atoms with Crippen LogP contribution in [0.3, 0.4) is 0 Å². The van der Waals surface area contributed by atoms with E-state index in [2.05, 4.69) is 18.7 Å². The molecule has 2 fully saturated rings. The maximum Gasteiger partial charge on any atom is 0.237 e. The van der Waals surface area contributed by atoms with Crippen molar-refractivity contribution in [1.82, 2.24) is 4.90 Å². The van der Waals surface area contributed by atoms with Crippen molar-refractivity contribution in [2.24, 2.45) is 17.4 Å². The molecule has 2 rings (SSSR count). The van der Waals surface area contributed by atoms with E-state index in [0.717, 1.165) is 38.1 Å². The Bertz CT molecular complexity index is 320. The lowest BCUT2D eigenvalue weighted by molar-refractivity contribution is -0.125. The highest BCUT2D eigenvalue weighted by atomic mass is 16.1. The first-order valence-electron chi connectivity index (χ1n) is 7.27. The molecular formula is C14H27N3O. The van der Waals surface area contributed by atoms with Gasteiger partial charge in [-0.25, -0.2) is 0 Å². The van der Waals surface area contributed by atoms with Gasteiger partial charge < -0.3 is 11.5 Å². The van der Waals surface area contributed by atoms with Crippen molar-refractivity contribution in [2.45, 2.75) is 70.0 Å². The van der Waals surface area contributed by atoms with Crippen molar-refractivity contribution in [1.29, 1.82) is 0 Å².